The molecule has 2 saturated heterocycles. The van der Waals surface area contributed by atoms with E-state index >= 15 is 0 Å². The van der Waals surface area contributed by atoms with Gasteiger partial charge in [0.2, 0.25) is 5.90 Å². The first-order valence-electron chi connectivity index (χ1n) is 8.56. The maximum absolute atomic E-state index is 6.18. The number of rotatable bonds is 4. The van der Waals surface area contributed by atoms with Crippen LogP contribution < -0.4 is 0 Å². The molecule has 6 heteroatoms. The third kappa shape index (κ3) is 3.91. The van der Waals surface area contributed by atoms with Gasteiger partial charge in [-0.05, 0) is 45.9 Å². The fourth-order valence-corrected chi connectivity index (χ4v) is 3.68. The maximum Gasteiger partial charge on any atom is 0.231 e. The predicted molar refractivity (Wildman–Crippen MR) is 85.0 cm³/mol. The molecule has 3 heterocycles. The second-order valence-corrected chi connectivity index (χ2v) is 6.76. The molecule has 3 rings (SSSR count). The highest BCUT2D eigenvalue weighted by Crippen LogP contribution is 2.24. The highest BCUT2D eigenvalue weighted by Gasteiger charge is 2.36. The van der Waals surface area contributed by atoms with E-state index in [4.69, 9.17) is 14.3 Å². The summed E-state index contributed by atoms with van der Waals surface area (Å²) in [5.74, 6) is 0.957. The molecule has 126 valence electrons. The second kappa shape index (κ2) is 7.62. The first kappa shape index (κ1) is 16.0. The Morgan fingerprint density at radius 2 is 2.05 bits per heavy atom. The van der Waals surface area contributed by atoms with Crippen LogP contribution in [0.3, 0.4) is 0 Å². The average Bonchev–Trinajstić information content (AvgIpc) is 2.56. The van der Waals surface area contributed by atoms with Crippen LogP contribution in [0.1, 0.15) is 25.7 Å². The number of ether oxygens (including phenoxy) is 2. The van der Waals surface area contributed by atoms with Gasteiger partial charge in [-0.3, -0.25) is 4.90 Å². The third-order valence-electron chi connectivity index (χ3n) is 5.00. The average molecular weight is 311 g/mol. The summed E-state index contributed by atoms with van der Waals surface area (Å²) in [5.41, 5.74) is 0. The SMILES string of the molecule is COC1CN(C)CCC1C1=NOCC(CN2CCCCC2)O1. The van der Waals surface area contributed by atoms with Gasteiger partial charge in [0.1, 0.15) is 6.10 Å². The van der Waals surface area contributed by atoms with E-state index in [1.165, 1.54) is 32.4 Å². The molecule has 0 saturated carbocycles. The molecule has 0 N–H and O–H groups in total. The zero-order valence-electron chi connectivity index (χ0n) is 13.9. The van der Waals surface area contributed by atoms with Gasteiger partial charge in [0, 0.05) is 20.2 Å². The summed E-state index contributed by atoms with van der Waals surface area (Å²) in [6.07, 6.45) is 5.20. The summed E-state index contributed by atoms with van der Waals surface area (Å²) in [6.45, 7) is 5.83. The monoisotopic (exact) mass is 311 g/mol. The van der Waals surface area contributed by atoms with Crippen LogP contribution in [0, 0.1) is 5.92 Å². The Kier molecular flexibility index (Phi) is 5.55. The summed E-state index contributed by atoms with van der Waals surface area (Å²) < 4.78 is 11.8. The van der Waals surface area contributed by atoms with Crippen molar-refractivity contribution < 1.29 is 14.3 Å². The van der Waals surface area contributed by atoms with Crippen LogP contribution >= 0.6 is 0 Å². The van der Waals surface area contributed by atoms with E-state index in [0.29, 0.717) is 6.61 Å². The number of hydrogen-bond acceptors (Lipinski definition) is 6. The van der Waals surface area contributed by atoms with Crippen molar-refractivity contribution in [2.75, 3.05) is 53.5 Å². The molecule has 3 aliphatic rings. The highest BCUT2D eigenvalue weighted by atomic mass is 16.7. The van der Waals surface area contributed by atoms with Gasteiger partial charge in [0.25, 0.3) is 0 Å². The molecule has 0 bridgehead atoms. The summed E-state index contributed by atoms with van der Waals surface area (Å²) in [4.78, 5) is 10.3. The molecule has 0 aromatic carbocycles. The lowest BCUT2D eigenvalue weighted by atomic mass is 9.93. The number of likely N-dealkylation sites (tertiary alicyclic amines) is 2. The minimum Gasteiger partial charge on any atom is -0.470 e. The van der Waals surface area contributed by atoms with Crippen molar-refractivity contribution in [1.29, 1.82) is 0 Å². The largest absolute Gasteiger partial charge is 0.470 e. The number of hydrogen-bond donors (Lipinski definition) is 0. The molecular weight excluding hydrogens is 282 g/mol. The predicted octanol–water partition coefficient (Wildman–Crippen LogP) is 1.17. The molecule has 0 aliphatic carbocycles. The first-order valence-corrected chi connectivity index (χ1v) is 8.56. The third-order valence-corrected chi connectivity index (χ3v) is 5.00. The lowest BCUT2D eigenvalue weighted by Gasteiger charge is -2.38. The normalized spacial score (nSPS) is 34.6. The number of nitrogens with zero attached hydrogens (tertiary/aromatic N) is 3. The van der Waals surface area contributed by atoms with Crippen molar-refractivity contribution in [2.45, 2.75) is 37.9 Å². The van der Waals surface area contributed by atoms with Gasteiger partial charge in [-0.15, -0.1) is 0 Å². The molecular formula is C16H29N3O3. The van der Waals surface area contributed by atoms with E-state index in [9.17, 15) is 0 Å². The van der Waals surface area contributed by atoms with Gasteiger partial charge in [-0.1, -0.05) is 11.6 Å². The quantitative estimate of drug-likeness (QED) is 0.780. The zero-order chi connectivity index (χ0) is 15.4. The Morgan fingerprint density at radius 1 is 1.23 bits per heavy atom. The maximum atomic E-state index is 6.18. The van der Waals surface area contributed by atoms with Crippen LogP contribution in [-0.2, 0) is 14.3 Å². The Hall–Kier alpha value is -0.850. The minimum atomic E-state index is 0.0998. The smallest absolute Gasteiger partial charge is 0.231 e. The van der Waals surface area contributed by atoms with E-state index in [-0.39, 0.29) is 18.1 Å². The molecule has 0 aromatic rings. The van der Waals surface area contributed by atoms with Crippen molar-refractivity contribution in [3.8, 4) is 0 Å². The number of oxime groups is 1. The lowest BCUT2D eigenvalue weighted by Crippen LogP contribution is -2.49. The van der Waals surface area contributed by atoms with Gasteiger partial charge in [-0.25, -0.2) is 0 Å². The summed E-state index contributed by atoms with van der Waals surface area (Å²) in [7, 11) is 3.90. The topological polar surface area (TPSA) is 46.5 Å². The molecule has 0 amide bonds. The molecule has 2 fully saturated rings. The molecule has 3 unspecified atom stereocenters. The van der Waals surface area contributed by atoms with Crippen LogP contribution in [0.25, 0.3) is 0 Å². The van der Waals surface area contributed by atoms with Crippen molar-refractivity contribution in [3.05, 3.63) is 0 Å². The van der Waals surface area contributed by atoms with Gasteiger partial charge >= 0.3 is 0 Å². The van der Waals surface area contributed by atoms with Crippen LogP contribution in [-0.4, -0.2) is 81.4 Å². The molecule has 22 heavy (non-hydrogen) atoms. The summed E-state index contributed by atoms with van der Waals surface area (Å²) in [5, 5.41) is 4.20. The van der Waals surface area contributed by atoms with Crippen molar-refractivity contribution in [2.24, 2.45) is 11.1 Å². The van der Waals surface area contributed by atoms with Crippen molar-refractivity contribution in [3.63, 3.8) is 0 Å². The fraction of sp³-hybridized carbons (Fsp3) is 0.938. The van der Waals surface area contributed by atoms with E-state index in [1.54, 1.807) is 7.11 Å². The second-order valence-electron chi connectivity index (χ2n) is 6.76. The molecule has 0 aromatic heterocycles. The molecule has 3 atom stereocenters. The standard InChI is InChI=1S/C16H29N3O3/c1-18-9-6-14(15(11-18)20-2)16-17-21-12-13(22-16)10-19-7-4-3-5-8-19/h13-15H,3-12H2,1-2H3. The number of piperidine rings is 2. The van der Waals surface area contributed by atoms with E-state index < -0.39 is 0 Å². The summed E-state index contributed by atoms with van der Waals surface area (Å²) in [6, 6.07) is 0. The molecule has 0 spiro atoms. The summed E-state index contributed by atoms with van der Waals surface area (Å²) >= 11 is 0. The number of likely N-dealkylation sites (N-methyl/N-ethyl adjacent to an activating group) is 1. The zero-order valence-corrected chi connectivity index (χ0v) is 13.9. The lowest BCUT2D eigenvalue weighted by molar-refractivity contribution is -0.0363. The van der Waals surface area contributed by atoms with Gasteiger partial charge < -0.3 is 19.2 Å². The fourth-order valence-electron chi connectivity index (χ4n) is 3.68. The molecule has 3 aliphatic heterocycles. The van der Waals surface area contributed by atoms with Crippen molar-refractivity contribution in [1.82, 2.24) is 9.80 Å². The van der Waals surface area contributed by atoms with E-state index in [1.807, 2.05) is 0 Å². The Balaban J connectivity index is 1.56. The van der Waals surface area contributed by atoms with Gasteiger partial charge in [-0.2, -0.15) is 0 Å². The Morgan fingerprint density at radius 3 is 2.82 bits per heavy atom. The van der Waals surface area contributed by atoms with Crippen LogP contribution in [0.4, 0.5) is 0 Å². The molecule has 6 nitrogen and oxygen atoms in total. The van der Waals surface area contributed by atoms with Crippen LogP contribution in [0.5, 0.6) is 0 Å². The van der Waals surface area contributed by atoms with Crippen LogP contribution in [0.2, 0.25) is 0 Å². The van der Waals surface area contributed by atoms with Gasteiger partial charge in [0.05, 0.1) is 12.0 Å². The minimum absolute atomic E-state index is 0.0998. The van der Waals surface area contributed by atoms with Crippen LogP contribution in [0.15, 0.2) is 5.16 Å². The van der Waals surface area contributed by atoms with E-state index in [0.717, 1.165) is 32.0 Å². The first-order chi connectivity index (χ1) is 10.8. The Bertz CT molecular complexity index is 385. The van der Waals surface area contributed by atoms with E-state index in [2.05, 4.69) is 22.0 Å². The van der Waals surface area contributed by atoms with Crippen molar-refractivity contribution >= 4 is 5.90 Å². The van der Waals surface area contributed by atoms with Gasteiger partial charge in [0.15, 0.2) is 6.61 Å². The number of methoxy groups -OCH3 is 1. The Labute approximate surface area is 133 Å². The highest BCUT2D eigenvalue weighted by molar-refractivity contribution is 5.79. The molecule has 0 radical (unpaired) electrons.